The van der Waals surface area contributed by atoms with E-state index in [9.17, 15) is 0 Å². The van der Waals surface area contributed by atoms with Crippen molar-refractivity contribution >= 4 is 23.0 Å². The number of anilines is 2. The number of hydrogen-bond donors (Lipinski definition) is 1. The molecular formula is C14H23ClN4. The minimum atomic E-state index is 0.732. The third kappa shape index (κ3) is 4.00. The highest BCUT2D eigenvalue weighted by Crippen LogP contribution is 2.25. The number of likely N-dealkylation sites (N-methyl/N-ethyl adjacent to an activating group) is 2. The van der Waals surface area contributed by atoms with Gasteiger partial charge in [0.05, 0.1) is 11.4 Å². The molecule has 0 radical (unpaired) electrons. The molecule has 0 amide bonds. The summed E-state index contributed by atoms with van der Waals surface area (Å²) < 4.78 is 0. The van der Waals surface area contributed by atoms with Gasteiger partial charge in [0.25, 0.3) is 0 Å². The average molecular weight is 283 g/mol. The van der Waals surface area contributed by atoms with Crippen LogP contribution in [-0.2, 0) is 0 Å². The normalized spacial score (nSPS) is 17.6. The Hall–Kier alpha value is -0.970. The van der Waals surface area contributed by atoms with Crippen molar-refractivity contribution in [1.82, 2.24) is 9.80 Å². The summed E-state index contributed by atoms with van der Waals surface area (Å²) in [7, 11) is 4.24. The highest BCUT2D eigenvalue weighted by atomic mass is 35.5. The van der Waals surface area contributed by atoms with Gasteiger partial charge in [-0.15, -0.1) is 0 Å². The van der Waals surface area contributed by atoms with Crippen LogP contribution in [0.3, 0.4) is 0 Å². The zero-order valence-electron chi connectivity index (χ0n) is 11.8. The van der Waals surface area contributed by atoms with Crippen LogP contribution in [0.15, 0.2) is 18.2 Å². The Kier molecular flexibility index (Phi) is 4.91. The number of nitrogens with two attached hydrogens (primary N) is 1. The summed E-state index contributed by atoms with van der Waals surface area (Å²) >= 11 is 6.03. The van der Waals surface area contributed by atoms with Crippen molar-refractivity contribution in [3.63, 3.8) is 0 Å². The van der Waals surface area contributed by atoms with Gasteiger partial charge in [0.1, 0.15) is 0 Å². The lowest BCUT2D eigenvalue weighted by Crippen LogP contribution is -2.46. The van der Waals surface area contributed by atoms with Crippen LogP contribution in [0.25, 0.3) is 0 Å². The smallest absolute Gasteiger partial charge is 0.0612 e. The molecule has 1 aromatic rings. The zero-order valence-corrected chi connectivity index (χ0v) is 12.5. The Morgan fingerprint density at radius 3 is 2.63 bits per heavy atom. The predicted octanol–water partition coefficient (Wildman–Crippen LogP) is 1.61. The van der Waals surface area contributed by atoms with Gasteiger partial charge < -0.3 is 15.5 Å². The molecule has 1 fully saturated rings. The zero-order chi connectivity index (χ0) is 13.8. The molecule has 2 rings (SSSR count). The van der Waals surface area contributed by atoms with Crippen molar-refractivity contribution in [1.29, 1.82) is 0 Å². The van der Waals surface area contributed by atoms with Gasteiger partial charge >= 0.3 is 0 Å². The fourth-order valence-corrected chi connectivity index (χ4v) is 2.50. The van der Waals surface area contributed by atoms with Crippen LogP contribution in [0.4, 0.5) is 11.4 Å². The standard InChI is InChI=1S/C14H23ClN4/c1-17-5-8-19(9-6-17)10-7-18(2)14-11-12(15)3-4-13(14)16/h3-4,11H,5-10,16H2,1-2H3. The topological polar surface area (TPSA) is 35.7 Å². The van der Waals surface area contributed by atoms with E-state index in [0.717, 1.165) is 55.7 Å². The molecule has 19 heavy (non-hydrogen) atoms. The van der Waals surface area contributed by atoms with Gasteiger partial charge in [-0.1, -0.05) is 11.6 Å². The third-order valence-electron chi connectivity index (χ3n) is 3.75. The summed E-state index contributed by atoms with van der Waals surface area (Å²) in [5, 5.41) is 0.732. The summed E-state index contributed by atoms with van der Waals surface area (Å²) in [6, 6.07) is 5.62. The van der Waals surface area contributed by atoms with Crippen molar-refractivity contribution in [3.05, 3.63) is 23.2 Å². The molecule has 1 heterocycles. The van der Waals surface area contributed by atoms with Gasteiger partial charge in [0.15, 0.2) is 0 Å². The van der Waals surface area contributed by atoms with Crippen LogP contribution in [0.2, 0.25) is 5.02 Å². The van der Waals surface area contributed by atoms with Crippen molar-refractivity contribution in [3.8, 4) is 0 Å². The summed E-state index contributed by atoms with van der Waals surface area (Å²) in [4.78, 5) is 7.05. The first-order valence-corrected chi connectivity index (χ1v) is 7.11. The van der Waals surface area contributed by atoms with Crippen LogP contribution in [0.5, 0.6) is 0 Å². The molecule has 1 aliphatic rings. The van der Waals surface area contributed by atoms with Crippen LogP contribution < -0.4 is 10.6 Å². The van der Waals surface area contributed by atoms with E-state index >= 15 is 0 Å². The maximum atomic E-state index is 6.03. The lowest BCUT2D eigenvalue weighted by molar-refractivity contribution is 0.157. The summed E-state index contributed by atoms with van der Waals surface area (Å²) in [6.07, 6.45) is 0. The minimum absolute atomic E-state index is 0.732. The monoisotopic (exact) mass is 282 g/mol. The van der Waals surface area contributed by atoms with E-state index in [1.807, 2.05) is 18.2 Å². The molecule has 5 heteroatoms. The first-order chi connectivity index (χ1) is 9.06. The number of nitrogens with zero attached hydrogens (tertiary/aromatic N) is 3. The number of piperazine rings is 1. The average Bonchev–Trinajstić information content (AvgIpc) is 2.40. The number of benzene rings is 1. The van der Waals surface area contributed by atoms with E-state index in [4.69, 9.17) is 17.3 Å². The van der Waals surface area contributed by atoms with Gasteiger partial charge in [-0.25, -0.2) is 0 Å². The summed E-state index contributed by atoms with van der Waals surface area (Å²) in [6.45, 7) is 6.64. The molecule has 0 aliphatic carbocycles. The Balaban J connectivity index is 1.87. The van der Waals surface area contributed by atoms with E-state index in [0.29, 0.717) is 0 Å². The molecule has 1 aliphatic heterocycles. The van der Waals surface area contributed by atoms with E-state index in [1.54, 1.807) is 0 Å². The highest BCUT2D eigenvalue weighted by Gasteiger charge is 2.14. The van der Waals surface area contributed by atoms with Crippen LogP contribution in [0, 0.1) is 0 Å². The lowest BCUT2D eigenvalue weighted by Gasteiger charge is -2.33. The SMILES string of the molecule is CN1CCN(CCN(C)c2cc(Cl)ccc2N)CC1. The van der Waals surface area contributed by atoms with Crippen LogP contribution in [0.1, 0.15) is 0 Å². The molecular weight excluding hydrogens is 260 g/mol. The van der Waals surface area contributed by atoms with Gasteiger partial charge in [-0.05, 0) is 25.2 Å². The molecule has 0 aromatic heterocycles. The maximum absolute atomic E-state index is 6.03. The molecule has 1 saturated heterocycles. The predicted molar refractivity (Wildman–Crippen MR) is 83.1 cm³/mol. The first kappa shape index (κ1) is 14.4. The highest BCUT2D eigenvalue weighted by molar-refractivity contribution is 6.31. The molecule has 106 valence electrons. The van der Waals surface area contributed by atoms with Crippen molar-refractivity contribution in [2.75, 3.05) is 64.0 Å². The summed E-state index contributed by atoms with van der Waals surface area (Å²) in [5.41, 5.74) is 7.79. The van der Waals surface area contributed by atoms with E-state index in [-0.39, 0.29) is 0 Å². The fraction of sp³-hybridized carbons (Fsp3) is 0.571. The van der Waals surface area contributed by atoms with Crippen molar-refractivity contribution < 1.29 is 0 Å². The molecule has 4 nitrogen and oxygen atoms in total. The number of hydrogen-bond acceptors (Lipinski definition) is 4. The van der Waals surface area contributed by atoms with Gasteiger partial charge in [-0.3, -0.25) is 4.90 Å². The van der Waals surface area contributed by atoms with E-state index in [1.165, 1.54) is 0 Å². The second-order valence-corrected chi connectivity index (χ2v) is 5.71. The van der Waals surface area contributed by atoms with Gasteiger partial charge in [0.2, 0.25) is 0 Å². The van der Waals surface area contributed by atoms with Gasteiger partial charge in [0, 0.05) is 51.3 Å². The molecule has 2 N–H and O–H groups in total. The second kappa shape index (κ2) is 6.46. The molecule has 0 spiro atoms. The van der Waals surface area contributed by atoms with E-state index < -0.39 is 0 Å². The Bertz CT molecular complexity index is 416. The molecule has 0 unspecified atom stereocenters. The van der Waals surface area contributed by atoms with E-state index in [2.05, 4.69) is 28.8 Å². The van der Waals surface area contributed by atoms with Crippen molar-refractivity contribution in [2.24, 2.45) is 0 Å². The van der Waals surface area contributed by atoms with Crippen LogP contribution in [-0.4, -0.2) is 63.2 Å². The van der Waals surface area contributed by atoms with Gasteiger partial charge in [-0.2, -0.15) is 0 Å². The number of nitrogen functional groups attached to an aromatic ring is 1. The summed E-state index contributed by atoms with van der Waals surface area (Å²) in [5.74, 6) is 0. The Morgan fingerprint density at radius 2 is 1.95 bits per heavy atom. The molecule has 0 bridgehead atoms. The molecule has 0 saturated carbocycles. The third-order valence-corrected chi connectivity index (χ3v) is 3.99. The first-order valence-electron chi connectivity index (χ1n) is 6.73. The Labute approximate surface area is 120 Å². The van der Waals surface area contributed by atoms with Crippen LogP contribution >= 0.6 is 11.6 Å². The second-order valence-electron chi connectivity index (χ2n) is 5.27. The molecule has 0 atom stereocenters. The lowest BCUT2D eigenvalue weighted by atomic mass is 10.2. The largest absolute Gasteiger partial charge is 0.397 e. The molecule has 1 aromatic carbocycles. The quantitative estimate of drug-likeness (QED) is 0.851. The number of rotatable bonds is 4. The fourth-order valence-electron chi connectivity index (χ4n) is 2.33. The Morgan fingerprint density at radius 1 is 1.26 bits per heavy atom. The number of halogens is 1. The van der Waals surface area contributed by atoms with Crippen molar-refractivity contribution in [2.45, 2.75) is 0 Å². The minimum Gasteiger partial charge on any atom is -0.397 e. The maximum Gasteiger partial charge on any atom is 0.0612 e.